The minimum absolute atomic E-state index is 0.109. The van der Waals surface area contributed by atoms with Crippen LogP contribution < -0.4 is 10.6 Å². The second-order valence-corrected chi connectivity index (χ2v) is 6.21. The number of hydrogen-bond donors (Lipinski definition) is 3. The first kappa shape index (κ1) is 17.9. The van der Waals surface area contributed by atoms with E-state index in [4.69, 9.17) is 0 Å². The van der Waals surface area contributed by atoms with Gasteiger partial charge < -0.3 is 15.7 Å². The van der Waals surface area contributed by atoms with Gasteiger partial charge in [0.2, 0.25) is 0 Å². The lowest BCUT2D eigenvalue weighted by Gasteiger charge is -2.18. The van der Waals surface area contributed by atoms with E-state index in [1.807, 2.05) is 38.1 Å². The van der Waals surface area contributed by atoms with Crippen molar-refractivity contribution in [3.8, 4) is 5.69 Å². The molecule has 0 radical (unpaired) electrons. The Kier molecular flexibility index (Phi) is 6.31. The molecule has 0 aliphatic carbocycles. The van der Waals surface area contributed by atoms with Gasteiger partial charge >= 0.3 is 6.03 Å². The number of aromatic nitrogens is 3. The van der Waals surface area contributed by atoms with Crippen molar-refractivity contribution >= 4 is 6.03 Å². The van der Waals surface area contributed by atoms with Gasteiger partial charge in [-0.05, 0) is 43.9 Å². The molecule has 0 saturated heterocycles. The van der Waals surface area contributed by atoms with Crippen molar-refractivity contribution in [3.63, 3.8) is 0 Å². The topological polar surface area (TPSA) is 92.1 Å². The van der Waals surface area contributed by atoms with Crippen LogP contribution in [-0.2, 0) is 0 Å². The number of carbonyl (C=O) groups is 1. The van der Waals surface area contributed by atoms with Gasteiger partial charge in [-0.1, -0.05) is 24.3 Å². The molecule has 0 aliphatic rings. The van der Waals surface area contributed by atoms with Crippen LogP contribution in [0.5, 0.6) is 0 Å². The molecule has 3 unspecified atom stereocenters. The molecular formula is C17H25N5O2. The van der Waals surface area contributed by atoms with Crippen LogP contribution >= 0.6 is 0 Å². The molecule has 0 bridgehead atoms. The Morgan fingerprint density at radius 3 is 2.54 bits per heavy atom. The zero-order valence-electron chi connectivity index (χ0n) is 14.3. The highest BCUT2D eigenvalue weighted by Crippen LogP contribution is 2.15. The lowest BCUT2D eigenvalue weighted by molar-refractivity contribution is 0.163. The van der Waals surface area contributed by atoms with Gasteiger partial charge in [-0.3, -0.25) is 0 Å². The van der Waals surface area contributed by atoms with Gasteiger partial charge in [0.05, 0.1) is 30.2 Å². The van der Waals surface area contributed by atoms with Crippen LogP contribution in [0.4, 0.5) is 4.79 Å². The average molecular weight is 331 g/mol. The third-order valence-electron chi connectivity index (χ3n) is 3.78. The largest absolute Gasteiger partial charge is 0.393 e. The molecule has 130 valence electrons. The molecule has 7 heteroatoms. The maximum absolute atomic E-state index is 12.0. The summed E-state index contributed by atoms with van der Waals surface area (Å²) in [5.74, 6) is 0.230. The molecule has 1 heterocycles. The van der Waals surface area contributed by atoms with Gasteiger partial charge in [-0.25, -0.2) is 9.48 Å². The van der Waals surface area contributed by atoms with Crippen LogP contribution in [0.15, 0.2) is 36.7 Å². The molecule has 1 aromatic carbocycles. The Morgan fingerprint density at radius 1 is 1.25 bits per heavy atom. The molecule has 1 aromatic heterocycles. The Morgan fingerprint density at radius 2 is 1.96 bits per heavy atom. The monoisotopic (exact) mass is 331 g/mol. The van der Waals surface area contributed by atoms with Crippen LogP contribution in [-0.4, -0.2) is 38.8 Å². The highest BCUT2D eigenvalue weighted by atomic mass is 16.3. The number of hydrogen-bond acceptors (Lipinski definition) is 4. The number of aliphatic hydroxyl groups excluding tert-OH is 1. The van der Waals surface area contributed by atoms with Crippen molar-refractivity contribution < 1.29 is 9.90 Å². The maximum atomic E-state index is 12.0. The molecule has 2 rings (SSSR count). The third kappa shape index (κ3) is 5.34. The molecule has 2 amide bonds. The molecule has 24 heavy (non-hydrogen) atoms. The fourth-order valence-electron chi connectivity index (χ4n) is 2.53. The number of nitrogens with zero attached hydrogens (tertiary/aromatic N) is 3. The van der Waals surface area contributed by atoms with Crippen LogP contribution in [0.2, 0.25) is 0 Å². The van der Waals surface area contributed by atoms with E-state index in [1.165, 1.54) is 0 Å². The summed E-state index contributed by atoms with van der Waals surface area (Å²) in [6.45, 7) is 6.22. The highest BCUT2D eigenvalue weighted by molar-refractivity contribution is 5.74. The first-order chi connectivity index (χ1) is 11.5. The van der Waals surface area contributed by atoms with Gasteiger partial charge in [0.25, 0.3) is 0 Å². The van der Waals surface area contributed by atoms with Gasteiger partial charge in [-0.2, -0.15) is 0 Å². The van der Waals surface area contributed by atoms with Crippen molar-refractivity contribution in [2.75, 3.05) is 6.54 Å². The highest BCUT2D eigenvalue weighted by Gasteiger charge is 2.12. The van der Waals surface area contributed by atoms with E-state index in [1.54, 1.807) is 24.0 Å². The number of nitrogens with one attached hydrogen (secondary N) is 2. The van der Waals surface area contributed by atoms with E-state index >= 15 is 0 Å². The van der Waals surface area contributed by atoms with Crippen molar-refractivity contribution in [2.45, 2.75) is 39.3 Å². The van der Waals surface area contributed by atoms with Crippen LogP contribution in [0.25, 0.3) is 5.69 Å². The number of carbonyl (C=O) groups excluding carboxylic acids is 1. The quantitative estimate of drug-likeness (QED) is 0.724. The molecule has 0 saturated carbocycles. The number of benzene rings is 1. The fourth-order valence-corrected chi connectivity index (χ4v) is 2.53. The van der Waals surface area contributed by atoms with E-state index < -0.39 is 0 Å². The number of urea groups is 1. The molecule has 3 N–H and O–H groups in total. The summed E-state index contributed by atoms with van der Waals surface area (Å²) in [6, 6.07) is 7.47. The Hall–Kier alpha value is -2.41. The minimum atomic E-state index is -0.354. The number of aliphatic hydroxyl groups is 1. The molecule has 3 atom stereocenters. The van der Waals surface area contributed by atoms with Gasteiger partial charge in [0, 0.05) is 6.54 Å². The first-order valence-corrected chi connectivity index (χ1v) is 8.14. The summed E-state index contributed by atoms with van der Waals surface area (Å²) in [5.41, 5.74) is 1.92. The van der Waals surface area contributed by atoms with E-state index in [0.717, 1.165) is 11.3 Å². The van der Waals surface area contributed by atoms with Gasteiger partial charge in [0.15, 0.2) is 0 Å². The molecule has 0 fully saturated rings. The van der Waals surface area contributed by atoms with E-state index in [0.29, 0.717) is 13.0 Å². The van der Waals surface area contributed by atoms with Crippen LogP contribution in [0, 0.1) is 5.92 Å². The van der Waals surface area contributed by atoms with Crippen molar-refractivity contribution in [2.24, 2.45) is 5.92 Å². The Bertz CT molecular complexity index is 625. The van der Waals surface area contributed by atoms with E-state index in [2.05, 4.69) is 20.9 Å². The zero-order valence-corrected chi connectivity index (χ0v) is 14.3. The first-order valence-electron chi connectivity index (χ1n) is 8.14. The lowest BCUT2D eigenvalue weighted by atomic mass is 10.1. The fraction of sp³-hybridized carbons (Fsp3) is 0.471. The predicted octanol–water partition coefficient (Wildman–Crippen LogP) is 2.03. The number of amides is 2. The smallest absolute Gasteiger partial charge is 0.315 e. The van der Waals surface area contributed by atoms with Gasteiger partial charge in [-0.15, -0.1) is 5.10 Å². The lowest BCUT2D eigenvalue weighted by Crippen LogP contribution is -2.39. The van der Waals surface area contributed by atoms with Crippen LogP contribution in [0.3, 0.4) is 0 Å². The molecule has 2 aromatic rings. The molecular weight excluding hydrogens is 306 g/mol. The van der Waals surface area contributed by atoms with E-state index in [9.17, 15) is 9.90 Å². The summed E-state index contributed by atoms with van der Waals surface area (Å²) in [7, 11) is 0. The second kappa shape index (κ2) is 8.44. The normalized spacial score (nSPS) is 14.7. The molecule has 0 spiro atoms. The molecule has 7 nitrogen and oxygen atoms in total. The average Bonchev–Trinajstić information content (AvgIpc) is 3.07. The molecule has 0 aliphatic heterocycles. The SMILES string of the molecule is CC(O)CC(C)CNC(=O)NC(C)c1ccc(-n2ccnn2)cc1. The summed E-state index contributed by atoms with van der Waals surface area (Å²) >= 11 is 0. The van der Waals surface area contributed by atoms with Crippen molar-refractivity contribution in [1.29, 1.82) is 0 Å². The summed E-state index contributed by atoms with van der Waals surface area (Å²) in [6.07, 6.45) is 3.71. The summed E-state index contributed by atoms with van der Waals surface area (Å²) < 4.78 is 1.68. The standard InChI is InChI=1S/C17H25N5O2/c1-12(10-13(2)23)11-18-17(24)20-14(3)15-4-6-16(7-5-15)22-9-8-19-21-22/h4-9,12-14,23H,10-11H2,1-3H3,(H2,18,20,24). The van der Waals surface area contributed by atoms with E-state index in [-0.39, 0.29) is 24.1 Å². The maximum Gasteiger partial charge on any atom is 0.315 e. The summed E-state index contributed by atoms with van der Waals surface area (Å²) in [5, 5.41) is 22.8. The minimum Gasteiger partial charge on any atom is -0.393 e. The predicted molar refractivity (Wildman–Crippen MR) is 91.8 cm³/mol. The third-order valence-corrected chi connectivity index (χ3v) is 3.78. The Balaban J connectivity index is 1.83. The zero-order chi connectivity index (χ0) is 17.5. The van der Waals surface area contributed by atoms with Crippen molar-refractivity contribution in [1.82, 2.24) is 25.6 Å². The van der Waals surface area contributed by atoms with Crippen LogP contribution in [0.1, 0.15) is 38.8 Å². The van der Waals surface area contributed by atoms with Crippen molar-refractivity contribution in [3.05, 3.63) is 42.2 Å². The second-order valence-electron chi connectivity index (χ2n) is 6.21. The summed E-state index contributed by atoms with van der Waals surface area (Å²) in [4.78, 5) is 12.0. The number of rotatable bonds is 7. The Labute approximate surface area is 142 Å². The van der Waals surface area contributed by atoms with Gasteiger partial charge in [0.1, 0.15) is 0 Å².